The van der Waals surface area contributed by atoms with Gasteiger partial charge in [-0.05, 0) is 50.2 Å². The fourth-order valence-electron chi connectivity index (χ4n) is 3.21. The maximum Gasteiger partial charge on any atom is 0.231 e. The molecule has 2 heterocycles. The Labute approximate surface area is 174 Å². The Morgan fingerprint density at radius 1 is 1.03 bits per heavy atom. The zero-order valence-corrected chi connectivity index (χ0v) is 17.0. The van der Waals surface area contributed by atoms with Crippen LogP contribution in [0.4, 0.5) is 0 Å². The van der Waals surface area contributed by atoms with Gasteiger partial charge in [-0.3, -0.25) is 9.78 Å². The lowest BCUT2D eigenvalue weighted by Gasteiger charge is -2.15. The number of fused-ring (bicyclic) bond motifs is 1. The molecule has 0 saturated heterocycles. The Morgan fingerprint density at radius 2 is 1.90 bits per heavy atom. The minimum Gasteiger partial charge on any atom is -0.493 e. The van der Waals surface area contributed by atoms with Crippen molar-refractivity contribution in [2.24, 2.45) is 0 Å². The fraction of sp³-hybridized carbons (Fsp3) is 0.167. The van der Waals surface area contributed by atoms with Crippen molar-refractivity contribution in [2.45, 2.75) is 13.8 Å². The number of nitrogens with zero attached hydrogens (tertiary/aromatic N) is 1. The molecular weight excluding hydrogens is 382 g/mol. The van der Waals surface area contributed by atoms with Gasteiger partial charge in [-0.2, -0.15) is 0 Å². The second-order valence-electron chi connectivity index (χ2n) is 6.67. The van der Waals surface area contributed by atoms with Crippen LogP contribution in [0.25, 0.3) is 10.9 Å². The van der Waals surface area contributed by atoms with E-state index in [2.05, 4.69) is 4.98 Å². The average molecular weight is 403 g/mol. The maximum atomic E-state index is 12.9. The molecule has 0 atom stereocenters. The molecule has 0 aliphatic rings. The predicted octanol–water partition coefficient (Wildman–Crippen LogP) is 5.57. The van der Waals surface area contributed by atoms with Crippen molar-refractivity contribution in [3.8, 4) is 23.0 Å². The largest absolute Gasteiger partial charge is 0.493 e. The molecule has 0 aliphatic heterocycles. The molecule has 6 heteroatoms. The van der Waals surface area contributed by atoms with E-state index in [9.17, 15) is 4.79 Å². The number of aryl methyl sites for hydroxylation is 1. The predicted molar refractivity (Wildman–Crippen MR) is 113 cm³/mol. The highest BCUT2D eigenvalue weighted by molar-refractivity contribution is 6.09. The second-order valence-corrected chi connectivity index (χ2v) is 6.67. The number of methoxy groups -OCH3 is 1. The lowest BCUT2D eigenvalue weighted by Crippen LogP contribution is -2.03. The summed E-state index contributed by atoms with van der Waals surface area (Å²) in [5.41, 5.74) is 2.06. The standard InChI is InChI=1S/C24H21NO5/c1-4-28-23-13-16-18(14-22(23)27-3)25-10-9-20(16)30-19-8-7-15(2)12-17(19)24(26)21-6-5-11-29-21/h5-14H,4H2,1-3H3. The molecule has 0 aliphatic carbocycles. The summed E-state index contributed by atoms with van der Waals surface area (Å²) in [6.45, 7) is 4.33. The van der Waals surface area contributed by atoms with Crippen LogP contribution in [0.2, 0.25) is 0 Å². The van der Waals surface area contributed by atoms with Crippen molar-refractivity contribution < 1.29 is 23.4 Å². The molecule has 0 spiro atoms. The van der Waals surface area contributed by atoms with Crippen molar-refractivity contribution in [2.75, 3.05) is 13.7 Å². The smallest absolute Gasteiger partial charge is 0.231 e. The van der Waals surface area contributed by atoms with Crippen LogP contribution in [0.3, 0.4) is 0 Å². The lowest BCUT2D eigenvalue weighted by molar-refractivity contribution is 0.101. The number of pyridine rings is 1. The van der Waals surface area contributed by atoms with Crippen molar-refractivity contribution in [3.05, 3.63) is 77.9 Å². The minimum atomic E-state index is -0.242. The van der Waals surface area contributed by atoms with Gasteiger partial charge < -0.3 is 18.6 Å². The first-order chi connectivity index (χ1) is 14.6. The molecule has 4 aromatic rings. The van der Waals surface area contributed by atoms with E-state index in [4.69, 9.17) is 18.6 Å². The minimum absolute atomic E-state index is 0.242. The molecular formula is C24H21NO5. The van der Waals surface area contributed by atoms with Gasteiger partial charge in [0, 0.05) is 17.6 Å². The number of ether oxygens (including phenoxy) is 3. The second kappa shape index (κ2) is 8.29. The van der Waals surface area contributed by atoms with Crippen LogP contribution in [0, 0.1) is 6.92 Å². The van der Waals surface area contributed by atoms with Gasteiger partial charge in [0.05, 0.1) is 31.1 Å². The maximum absolute atomic E-state index is 12.9. The molecule has 2 aromatic carbocycles. The summed E-state index contributed by atoms with van der Waals surface area (Å²) < 4.78 is 22.6. The quantitative estimate of drug-likeness (QED) is 0.376. The van der Waals surface area contributed by atoms with Crippen LogP contribution in [-0.4, -0.2) is 24.5 Å². The van der Waals surface area contributed by atoms with Gasteiger partial charge >= 0.3 is 0 Å². The third-order valence-electron chi connectivity index (χ3n) is 4.63. The summed E-state index contributed by atoms with van der Waals surface area (Å²) in [6.07, 6.45) is 3.13. The number of ketones is 1. The van der Waals surface area contributed by atoms with Crippen molar-refractivity contribution in [1.29, 1.82) is 0 Å². The summed E-state index contributed by atoms with van der Waals surface area (Å²) in [5, 5.41) is 0.749. The highest BCUT2D eigenvalue weighted by Gasteiger charge is 2.19. The first kappa shape index (κ1) is 19.5. The molecule has 152 valence electrons. The van der Waals surface area contributed by atoms with E-state index in [0.29, 0.717) is 40.7 Å². The summed E-state index contributed by atoms with van der Waals surface area (Å²) in [5.74, 6) is 2.20. The molecule has 0 bridgehead atoms. The van der Waals surface area contributed by atoms with Gasteiger partial charge in [-0.15, -0.1) is 0 Å². The van der Waals surface area contributed by atoms with Gasteiger partial charge in [0.25, 0.3) is 0 Å². The number of hydrogen-bond donors (Lipinski definition) is 0. The zero-order chi connectivity index (χ0) is 21.1. The summed E-state index contributed by atoms with van der Waals surface area (Å²) in [6, 6.07) is 14.2. The number of rotatable bonds is 7. The number of hydrogen-bond acceptors (Lipinski definition) is 6. The van der Waals surface area contributed by atoms with E-state index in [0.717, 1.165) is 10.9 Å². The van der Waals surface area contributed by atoms with Crippen LogP contribution in [0.15, 0.2) is 65.4 Å². The van der Waals surface area contributed by atoms with E-state index in [1.165, 1.54) is 6.26 Å². The van der Waals surface area contributed by atoms with E-state index < -0.39 is 0 Å². The SMILES string of the molecule is CCOc1cc2c(Oc3ccc(C)cc3C(=O)c3ccco3)ccnc2cc1OC. The Hall–Kier alpha value is -3.80. The normalized spacial score (nSPS) is 10.8. The van der Waals surface area contributed by atoms with Crippen molar-refractivity contribution in [3.63, 3.8) is 0 Å². The van der Waals surface area contributed by atoms with Gasteiger partial charge in [0.2, 0.25) is 5.78 Å². The molecule has 0 unspecified atom stereocenters. The van der Waals surface area contributed by atoms with Gasteiger partial charge in [-0.25, -0.2) is 0 Å². The number of benzene rings is 2. The summed E-state index contributed by atoms with van der Waals surface area (Å²) in [4.78, 5) is 17.3. The third-order valence-corrected chi connectivity index (χ3v) is 4.63. The number of furan rings is 1. The average Bonchev–Trinajstić information content (AvgIpc) is 3.29. The Bertz CT molecular complexity index is 1200. The Morgan fingerprint density at radius 3 is 2.63 bits per heavy atom. The number of carbonyl (C=O) groups is 1. The van der Waals surface area contributed by atoms with Crippen LogP contribution in [-0.2, 0) is 0 Å². The molecule has 0 N–H and O–H groups in total. The fourth-order valence-corrected chi connectivity index (χ4v) is 3.21. The van der Waals surface area contributed by atoms with Crippen LogP contribution < -0.4 is 14.2 Å². The van der Waals surface area contributed by atoms with Crippen molar-refractivity contribution >= 4 is 16.7 Å². The molecule has 6 nitrogen and oxygen atoms in total. The number of carbonyl (C=O) groups excluding carboxylic acids is 1. The molecule has 0 fully saturated rings. The van der Waals surface area contributed by atoms with Crippen LogP contribution in [0.1, 0.15) is 28.6 Å². The Kier molecular flexibility index (Phi) is 5.39. The molecule has 30 heavy (non-hydrogen) atoms. The number of aromatic nitrogens is 1. The highest BCUT2D eigenvalue weighted by Crippen LogP contribution is 2.38. The van der Waals surface area contributed by atoms with Gasteiger partial charge in [-0.1, -0.05) is 11.6 Å². The molecule has 4 rings (SSSR count). The van der Waals surface area contributed by atoms with E-state index in [1.54, 1.807) is 49.7 Å². The van der Waals surface area contributed by atoms with Gasteiger partial charge in [0.1, 0.15) is 11.5 Å². The third kappa shape index (κ3) is 3.72. The lowest BCUT2D eigenvalue weighted by atomic mass is 10.0. The van der Waals surface area contributed by atoms with Crippen LogP contribution in [0.5, 0.6) is 23.0 Å². The van der Waals surface area contributed by atoms with Crippen molar-refractivity contribution in [1.82, 2.24) is 4.98 Å². The van der Waals surface area contributed by atoms with E-state index in [1.807, 2.05) is 26.0 Å². The molecule has 0 radical (unpaired) electrons. The van der Waals surface area contributed by atoms with E-state index >= 15 is 0 Å². The van der Waals surface area contributed by atoms with E-state index in [-0.39, 0.29) is 11.5 Å². The molecule has 0 saturated carbocycles. The summed E-state index contributed by atoms with van der Waals surface area (Å²) >= 11 is 0. The molecule has 2 aromatic heterocycles. The summed E-state index contributed by atoms with van der Waals surface area (Å²) in [7, 11) is 1.59. The zero-order valence-electron chi connectivity index (χ0n) is 17.0. The monoisotopic (exact) mass is 403 g/mol. The first-order valence-corrected chi connectivity index (χ1v) is 9.57. The first-order valence-electron chi connectivity index (χ1n) is 9.57. The molecule has 0 amide bonds. The van der Waals surface area contributed by atoms with Gasteiger partial charge in [0.15, 0.2) is 17.3 Å². The topological polar surface area (TPSA) is 70.8 Å². The van der Waals surface area contributed by atoms with Crippen LogP contribution >= 0.6 is 0 Å². The highest BCUT2D eigenvalue weighted by atomic mass is 16.5. The Balaban J connectivity index is 1.80.